The van der Waals surface area contributed by atoms with E-state index in [0.717, 1.165) is 30.6 Å². The average molecular weight is 381 g/mol. The van der Waals surface area contributed by atoms with E-state index in [1.165, 1.54) is 16.9 Å². The van der Waals surface area contributed by atoms with E-state index in [2.05, 4.69) is 10.6 Å². The molecule has 2 aliphatic heterocycles. The number of fused-ring (bicyclic) bond motifs is 2. The van der Waals surface area contributed by atoms with Gasteiger partial charge in [-0.1, -0.05) is 6.92 Å². The number of carbonyl (C=O) groups excluding carboxylic acids is 2. The molecule has 0 radical (unpaired) electrons. The second kappa shape index (κ2) is 8.37. The molecule has 1 fully saturated rings. The summed E-state index contributed by atoms with van der Waals surface area (Å²) < 4.78 is 6.20. The lowest BCUT2D eigenvalue weighted by Crippen LogP contribution is -2.50. The quantitative estimate of drug-likeness (QED) is 0.720. The number of likely N-dealkylation sites (tertiary alicyclic amines) is 1. The molecule has 3 amide bonds. The Morgan fingerprint density at radius 1 is 1.31 bits per heavy atom. The van der Waals surface area contributed by atoms with E-state index in [1.54, 1.807) is 0 Å². The third kappa shape index (κ3) is 3.87. The summed E-state index contributed by atoms with van der Waals surface area (Å²) in [6, 6.07) is 1.95. The van der Waals surface area contributed by atoms with Gasteiger partial charge in [0.2, 0.25) is 0 Å². The molecule has 3 heterocycles. The van der Waals surface area contributed by atoms with Crippen molar-refractivity contribution >= 4 is 23.3 Å². The lowest BCUT2D eigenvalue weighted by molar-refractivity contribution is -0.0896. The van der Waals surface area contributed by atoms with Crippen molar-refractivity contribution in [1.82, 2.24) is 15.5 Å². The molecule has 0 aromatic carbocycles. The van der Waals surface area contributed by atoms with Crippen LogP contribution < -0.4 is 10.6 Å². The molecule has 3 rings (SSSR count). The fraction of sp³-hybridized carbons (Fsp3) is 0.667. The standard InChI is InChI=1S/C18H27N3O4S/c1-2-6-20-17(24)21-8-4-18(5-9-21)15-13(3-11-25-18)12-14(26-15)16(23)19-7-10-22/h12,22H,2-11H2,1H3,(H,19,23)(H,20,24). The summed E-state index contributed by atoms with van der Waals surface area (Å²) in [5.41, 5.74) is 0.800. The minimum absolute atomic E-state index is 0.00650. The highest BCUT2D eigenvalue weighted by atomic mass is 32.1. The van der Waals surface area contributed by atoms with Crippen LogP contribution >= 0.6 is 11.3 Å². The molecule has 0 saturated carbocycles. The topological polar surface area (TPSA) is 90.9 Å². The first-order chi connectivity index (χ1) is 12.6. The van der Waals surface area contributed by atoms with Crippen molar-refractivity contribution in [2.45, 2.75) is 38.2 Å². The summed E-state index contributed by atoms with van der Waals surface area (Å²) in [4.78, 5) is 28.0. The lowest BCUT2D eigenvalue weighted by Gasteiger charge is -2.43. The summed E-state index contributed by atoms with van der Waals surface area (Å²) in [5.74, 6) is -0.148. The van der Waals surface area contributed by atoms with Gasteiger partial charge < -0.3 is 25.4 Å². The number of carbonyl (C=O) groups is 2. The van der Waals surface area contributed by atoms with E-state index in [1.807, 2.05) is 17.9 Å². The minimum atomic E-state index is -0.380. The lowest BCUT2D eigenvalue weighted by atomic mass is 9.85. The van der Waals surface area contributed by atoms with Gasteiger partial charge in [-0.2, -0.15) is 0 Å². The van der Waals surface area contributed by atoms with Crippen LogP contribution in [-0.2, 0) is 16.8 Å². The number of rotatable bonds is 5. The molecule has 0 atom stereocenters. The highest BCUT2D eigenvalue weighted by Gasteiger charge is 2.43. The first-order valence-electron chi connectivity index (χ1n) is 9.28. The number of urea groups is 1. The van der Waals surface area contributed by atoms with Crippen LogP contribution in [0.25, 0.3) is 0 Å². The molecule has 1 aromatic rings. The molecule has 0 bridgehead atoms. The van der Waals surface area contributed by atoms with Crippen LogP contribution in [0, 0.1) is 0 Å². The zero-order valence-electron chi connectivity index (χ0n) is 15.2. The number of nitrogens with zero attached hydrogens (tertiary/aromatic N) is 1. The van der Waals surface area contributed by atoms with E-state index in [0.29, 0.717) is 31.1 Å². The number of hydrogen-bond acceptors (Lipinski definition) is 5. The Bertz CT molecular complexity index is 653. The highest BCUT2D eigenvalue weighted by molar-refractivity contribution is 7.14. The number of aliphatic hydroxyl groups excluding tert-OH is 1. The van der Waals surface area contributed by atoms with Crippen molar-refractivity contribution in [1.29, 1.82) is 0 Å². The smallest absolute Gasteiger partial charge is 0.317 e. The van der Waals surface area contributed by atoms with Crippen LogP contribution in [0.3, 0.4) is 0 Å². The number of amides is 3. The van der Waals surface area contributed by atoms with Gasteiger partial charge in [0.15, 0.2) is 0 Å². The molecule has 0 unspecified atom stereocenters. The fourth-order valence-corrected chi connectivity index (χ4v) is 4.90. The Balaban J connectivity index is 1.71. The molecule has 1 saturated heterocycles. The summed E-state index contributed by atoms with van der Waals surface area (Å²) >= 11 is 1.49. The van der Waals surface area contributed by atoms with Crippen LogP contribution in [0.15, 0.2) is 6.07 Å². The van der Waals surface area contributed by atoms with E-state index >= 15 is 0 Å². The molecular weight excluding hydrogens is 354 g/mol. The van der Waals surface area contributed by atoms with Crippen LogP contribution in [0.1, 0.15) is 46.3 Å². The molecular formula is C18H27N3O4S. The molecule has 8 heteroatoms. The Morgan fingerprint density at radius 2 is 2.08 bits per heavy atom. The number of nitrogens with one attached hydrogen (secondary N) is 2. The second-order valence-corrected chi connectivity index (χ2v) is 7.81. The van der Waals surface area contributed by atoms with E-state index in [4.69, 9.17) is 9.84 Å². The number of hydrogen-bond donors (Lipinski definition) is 3. The van der Waals surface area contributed by atoms with Crippen molar-refractivity contribution in [2.24, 2.45) is 0 Å². The maximum atomic E-state index is 12.2. The van der Waals surface area contributed by atoms with Crippen LogP contribution in [-0.4, -0.2) is 61.3 Å². The summed E-state index contributed by atoms with van der Waals surface area (Å²) in [7, 11) is 0. The highest BCUT2D eigenvalue weighted by Crippen LogP contribution is 2.45. The molecule has 26 heavy (non-hydrogen) atoms. The fourth-order valence-electron chi connectivity index (χ4n) is 3.58. The largest absolute Gasteiger partial charge is 0.395 e. The van der Waals surface area contributed by atoms with Crippen molar-refractivity contribution in [3.63, 3.8) is 0 Å². The predicted molar refractivity (Wildman–Crippen MR) is 99.6 cm³/mol. The molecule has 0 aliphatic carbocycles. The van der Waals surface area contributed by atoms with Crippen LogP contribution in [0.4, 0.5) is 4.79 Å². The first-order valence-corrected chi connectivity index (χ1v) is 10.1. The van der Waals surface area contributed by atoms with E-state index in [9.17, 15) is 9.59 Å². The Hall–Kier alpha value is -1.64. The maximum absolute atomic E-state index is 12.2. The molecule has 3 N–H and O–H groups in total. The second-order valence-electron chi connectivity index (χ2n) is 6.76. The van der Waals surface area contributed by atoms with Gasteiger partial charge in [0.25, 0.3) is 5.91 Å². The summed E-state index contributed by atoms with van der Waals surface area (Å²) in [6.45, 7) is 4.86. The van der Waals surface area contributed by atoms with Crippen molar-refractivity contribution < 1.29 is 19.4 Å². The zero-order chi connectivity index (χ0) is 18.6. The van der Waals surface area contributed by atoms with Crippen LogP contribution in [0.2, 0.25) is 0 Å². The third-order valence-corrected chi connectivity index (χ3v) is 6.34. The zero-order valence-corrected chi connectivity index (χ0v) is 16.0. The van der Waals surface area contributed by atoms with E-state index in [-0.39, 0.29) is 30.7 Å². The molecule has 144 valence electrons. The number of piperidine rings is 1. The molecule has 1 spiro atoms. The van der Waals surface area contributed by atoms with Gasteiger partial charge in [0.05, 0.1) is 18.1 Å². The normalized spacial score (nSPS) is 18.5. The van der Waals surface area contributed by atoms with Crippen molar-refractivity contribution in [3.8, 4) is 0 Å². The average Bonchev–Trinajstić information content (AvgIpc) is 3.11. The Labute approximate surface area is 157 Å². The SMILES string of the molecule is CCCNC(=O)N1CCC2(CC1)OCCc1cc(C(=O)NCCO)sc12. The molecule has 2 aliphatic rings. The number of ether oxygens (including phenoxy) is 1. The van der Waals surface area contributed by atoms with Gasteiger partial charge in [-0.05, 0) is 37.3 Å². The monoisotopic (exact) mass is 381 g/mol. The minimum Gasteiger partial charge on any atom is -0.395 e. The van der Waals surface area contributed by atoms with Crippen molar-refractivity contribution in [2.75, 3.05) is 39.4 Å². The van der Waals surface area contributed by atoms with Gasteiger partial charge in [-0.25, -0.2) is 4.79 Å². The van der Waals surface area contributed by atoms with Gasteiger partial charge >= 0.3 is 6.03 Å². The summed E-state index contributed by atoms with van der Waals surface area (Å²) in [6.07, 6.45) is 3.23. The number of thiophene rings is 1. The Kier molecular flexibility index (Phi) is 6.16. The summed E-state index contributed by atoms with van der Waals surface area (Å²) in [5, 5.41) is 14.5. The van der Waals surface area contributed by atoms with Gasteiger partial charge in [-0.15, -0.1) is 11.3 Å². The predicted octanol–water partition coefficient (Wildman–Crippen LogP) is 1.45. The number of aliphatic hydroxyl groups is 1. The maximum Gasteiger partial charge on any atom is 0.317 e. The van der Waals surface area contributed by atoms with Crippen molar-refractivity contribution in [3.05, 3.63) is 21.4 Å². The molecule has 1 aromatic heterocycles. The Morgan fingerprint density at radius 3 is 2.77 bits per heavy atom. The molecule has 7 nitrogen and oxygen atoms in total. The van der Waals surface area contributed by atoms with Gasteiger partial charge in [-0.3, -0.25) is 4.79 Å². The van der Waals surface area contributed by atoms with Crippen LogP contribution in [0.5, 0.6) is 0 Å². The van der Waals surface area contributed by atoms with Gasteiger partial charge in [0, 0.05) is 31.1 Å². The van der Waals surface area contributed by atoms with E-state index < -0.39 is 0 Å². The first kappa shape index (κ1) is 19.1. The third-order valence-electron chi connectivity index (χ3n) is 4.98. The van der Waals surface area contributed by atoms with Gasteiger partial charge in [0.1, 0.15) is 5.60 Å².